The van der Waals surface area contributed by atoms with Crippen LogP contribution in [-0.2, 0) is 4.79 Å². The van der Waals surface area contributed by atoms with E-state index in [0.29, 0.717) is 6.54 Å². The summed E-state index contributed by atoms with van der Waals surface area (Å²) >= 11 is 1.53. The molecule has 1 aromatic heterocycles. The number of carbonyl (C=O) groups is 1. The molecule has 1 heterocycles. The molecule has 0 bridgehead atoms. The van der Waals surface area contributed by atoms with Gasteiger partial charge in [0.1, 0.15) is 5.75 Å². The molecule has 0 aliphatic heterocycles. The van der Waals surface area contributed by atoms with Crippen molar-refractivity contribution in [1.82, 2.24) is 4.98 Å². The van der Waals surface area contributed by atoms with Crippen molar-refractivity contribution in [2.75, 3.05) is 25.1 Å². The minimum absolute atomic E-state index is 0.116. The second-order valence-corrected chi connectivity index (χ2v) is 5.30. The molecule has 0 atom stereocenters. The van der Waals surface area contributed by atoms with Crippen LogP contribution < -0.4 is 9.64 Å². The van der Waals surface area contributed by atoms with Gasteiger partial charge in [0, 0.05) is 24.0 Å². The van der Waals surface area contributed by atoms with Crippen LogP contribution in [-0.4, -0.2) is 36.3 Å². The van der Waals surface area contributed by atoms with Crippen LogP contribution in [0.3, 0.4) is 0 Å². The molecule has 112 valence electrons. The first-order valence-electron chi connectivity index (χ1n) is 6.70. The first-order valence-corrected chi connectivity index (χ1v) is 7.58. The van der Waals surface area contributed by atoms with Crippen molar-refractivity contribution < 1.29 is 14.6 Å². The molecule has 21 heavy (non-hydrogen) atoms. The van der Waals surface area contributed by atoms with Gasteiger partial charge in [0.25, 0.3) is 0 Å². The summed E-state index contributed by atoms with van der Waals surface area (Å²) in [4.78, 5) is 17.3. The van der Waals surface area contributed by atoms with Gasteiger partial charge in [0.05, 0.1) is 19.2 Å². The first-order chi connectivity index (χ1) is 10.1. The third kappa shape index (κ3) is 3.95. The van der Waals surface area contributed by atoms with Gasteiger partial charge < -0.3 is 14.7 Å². The number of hydrogen-bond acceptors (Lipinski definition) is 5. The summed E-state index contributed by atoms with van der Waals surface area (Å²) in [5.74, 6) is 0.0197. The summed E-state index contributed by atoms with van der Waals surface area (Å²) in [6.45, 7) is 3.21. The summed E-state index contributed by atoms with van der Waals surface area (Å²) in [6, 6.07) is 7.73. The van der Waals surface area contributed by atoms with E-state index in [-0.39, 0.29) is 6.42 Å². The summed E-state index contributed by atoms with van der Waals surface area (Å²) in [7, 11) is 1.64. The zero-order valence-electron chi connectivity index (χ0n) is 12.1. The molecule has 0 saturated carbocycles. The fourth-order valence-electron chi connectivity index (χ4n) is 1.92. The lowest BCUT2D eigenvalue weighted by Crippen LogP contribution is -2.25. The average Bonchev–Trinajstić information content (AvgIpc) is 2.97. The Kier molecular flexibility index (Phi) is 5.16. The third-order valence-corrected chi connectivity index (χ3v) is 4.03. The molecule has 0 saturated heterocycles. The van der Waals surface area contributed by atoms with Crippen LogP contribution in [0, 0.1) is 0 Å². The number of aromatic nitrogens is 1. The number of benzene rings is 1. The highest BCUT2D eigenvalue weighted by atomic mass is 32.1. The van der Waals surface area contributed by atoms with Crippen LogP contribution in [0.15, 0.2) is 29.6 Å². The van der Waals surface area contributed by atoms with Gasteiger partial charge in [-0.1, -0.05) is 0 Å². The Bertz CT molecular complexity index is 595. The summed E-state index contributed by atoms with van der Waals surface area (Å²) < 4.78 is 5.14. The molecule has 0 unspecified atom stereocenters. The largest absolute Gasteiger partial charge is 0.497 e. The number of nitrogens with zero attached hydrogens (tertiary/aromatic N) is 2. The molecule has 0 aliphatic rings. The van der Waals surface area contributed by atoms with E-state index in [1.165, 1.54) is 11.3 Å². The van der Waals surface area contributed by atoms with Crippen molar-refractivity contribution in [3.63, 3.8) is 0 Å². The maximum absolute atomic E-state index is 10.7. The molecular weight excluding hydrogens is 288 g/mol. The Morgan fingerprint density at radius 1 is 1.38 bits per heavy atom. The van der Waals surface area contributed by atoms with E-state index in [0.717, 1.165) is 28.7 Å². The van der Waals surface area contributed by atoms with Crippen molar-refractivity contribution >= 4 is 22.4 Å². The number of carboxylic acids is 1. The predicted molar refractivity (Wildman–Crippen MR) is 84.2 cm³/mol. The van der Waals surface area contributed by atoms with E-state index in [2.05, 4.69) is 4.98 Å². The lowest BCUT2D eigenvalue weighted by Gasteiger charge is -2.18. The van der Waals surface area contributed by atoms with Gasteiger partial charge in [-0.2, -0.15) is 0 Å². The summed E-state index contributed by atoms with van der Waals surface area (Å²) in [6.07, 6.45) is 0.116. The lowest BCUT2D eigenvalue weighted by atomic mass is 10.2. The third-order valence-electron chi connectivity index (χ3n) is 3.13. The van der Waals surface area contributed by atoms with Gasteiger partial charge in [0.15, 0.2) is 5.13 Å². The maximum atomic E-state index is 10.7. The van der Waals surface area contributed by atoms with Crippen molar-refractivity contribution in [2.45, 2.75) is 13.3 Å². The second kappa shape index (κ2) is 7.08. The van der Waals surface area contributed by atoms with Crippen LogP contribution in [0.2, 0.25) is 0 Å². The number of hydrogen-bond donors (Lipinski definition) is 1. The number of carboxylic acid groups (broad SMARTS) is 1. The second-order valence-electron chi connectivity index (χ2n) is 4.47. The maximum Gasteiger partial charge on any atom is 0.305 e. The number of rotatable bonds is 7. The van der Waals surface area contributed by atoms with Gasteiger partial charge in [-0.15, -0.1) is 11.3 Å². The fraction of sp³-hybridized carbons (Fsp3) is 0.333. The monoisotopic (exact) mass is 306 g/mol. The number of aliphatic carboxylic acids is 1. The smallest absolute Gasteiger partial charge is 0.305 e. The van der Waals surface area contributed by atoms with Crippen molar-refractivity contribution in [2.24, 2.45) is 0 Å². The fourth-order valence-corrected chi connectivity index (χ4v) is 2.85. The molecule has 5 nitrogen and oxygen atoms in total. The Hall–Kier alpha value is -2.08. The quantitative estimate of drug-likeness (QED) is 0.851. The van der Waals surface area contributed by atoms with Crippen molar-refractivity contribution in [3.8, 4) is 17.0 Å². The molecule has 0 fully saturated rings. The minimum atomic E-state index is -0.791. The van der Waals surface area contributed by atoms with E-state index >= 15 is 0 Å². The molecule has 1 aromatic carbocycles. The van der Waals surface area contributed by atoms with E-state index < -0.39 is 5.97 Å². The highest BCUT2D eigenvalue weighted by Crippen LogP contribution is 2.28. The molecule has 2 aromatic rings. The zero-order chi connectivity index (χ0) is 15.2. The van der Waals surface area contributed by atoms with Gasteiger partial charge in [-0.25, -0.2) is 4.98 Å². The summed E-state index contributed by atoms with van der Waals surface area (Å²) in [5.41, 5.74) is 1.92. The topological polar surface area (TPSA) is 62.7 Å². The van der Waals surface area contributed by atoms with E-state index in [9.17, 15) is 4.79 Å². The zero-order valence-corrected chi connectivity index (χ0v) is 12.9. The minimum Gasteiger partial charge on any atom is -0.497 e. The van der Waals surface area contributed by atoms with Gasteiger partial charge in [0.2, 0.25) is 0 Å². The molecule has 2 rings (SSSR count). The van der Waals surface area contributed by atoms with Crippen molar-refractivity contribution in [1.29, 1.82) is 0 Å². The molecule has 0 spiro atoms. The molecule has 0 aliphatic carbocycles. The standard InChI is InChI=1S/C15H18N2O3S/c1-3-17(9-8-14(18)19)15-16-13(10-21-15)11-4-6-12(20-2)7-5-11/h4-7,10H,3,8-9H2,1-2H3,(H,18,19). The lowest BCUT2D eigenvalue weighted by molar-refractivity contribution is -0.136. The normalized spacial score (nSPS) is 10.4. The van der Waals surface area contributed by atoms with Crippen molar-refractivity contribution in [3.05, 3.63) is 29.6 Å². The van der Waals surface area contributed by atoms with E-state index in [4.69, 9.17) is 9.84 Å². The highest BCUT2D eigenvalue weighted by Gasteiger charge is 2.12. The van der Waals surface area contributed by atoms with Gasteiger partial charge in [-0.3, -0.25) is 4.79 Å². The molecular formula is C15H18N2O3S. The summed E-state index contributed by atoms with van der Waals surface area (Å²) in [5, 5.41) is 11.6. The highest BCUT2D eigenvalue weighted by molar-refractivity contribution is 7.14. The Morgan fingerprint density at radius 2 is 2.10 bits per heavy atom. The number of thiazole rings is 1. The van der Waals surface area contributed by atoms with Gasteiger partial charge >= 0.3 is 5.97 Å². The van der Waals surface area contributed by atoms with E-state index in [1.807, 2.05) is 41.5 Å². The molecule has 0 amide bonds. The number of methoxy groups -OCH3 is 1. The molecule has 1 N–H and O–H groups in total. The van der Waals surface area contributed by atoms with E-state index in [1.54, 1.807) is 7.11 Å². The predicted octanol–water partition coefficient (Wildman–Crippen LogP) is 3.12. The van der Waals surface area contributed by atoms with Crippen LogP contribution in [0.1, 0.15) is 13.3 Å². The van der Waals surface area contributed by atoms with Gasteiger partial charge in [-0.05, 0) is 31.2 Å². The number of ether oxygens (including phenoxy) is 1. The Balaban J connectivity index is 2.13. The van der Waals surface area contributed by atoms with Crippen LogP contribution in [0.5, 0.6) is 5.75 Å². The molecule has 0 radical (unpaired) electrons. The van der Waals surface area contributed by atoms with Crippen LogP contribution >= 0.6 is 11.3 Å². The Morgan fingerprint density at radius 3 is 2.67 bits per heavy atom. The number of anilines is 1. The molecule has 6 heteroatoms. The SMILES string of the molecule is CCN(CCC(=O)O)c1nc(-c2ccc(OC)cc2)cs1. The Labute approximate surface area is 127 Å². The van der Waals surface area contributed by atoms with Crippen LogP contribution in [0.25, 0.3) is 11.3 Å². The van der Waals surface area contributed by atoms with Crippen LogP contribution in [0.4, 0.5) is 5.13 Å². The first kappa shape index (κ1) is 15.3. The average molecular weight is 306 g/mol.